The van der Waals surface area contributed by atoms with Crippen molar-refractivity contribution in [2.45, 2.75) is 77.2 Å². The van der Waals surface area contributed by atoms with Crippen molar-refractivity contribution in [3.05, 3.63) is 21.4 Å². The van der Waals surface area contributed by atoms with Crippen molar-refractivity contribution in [1.82, 2.24) is 5.32 Å². The monoisotopic (exact) mass is 291 g/mol. The second-order valence-corrected chi connectivity index (χ2v) is 7.80. The molecular weight excluding hydrogens is 262 g/mol. The molecule has 20 heavy (non-hydrogen) atoms. The molecule has 112 valence electrons. The van der Waals surface area contributed by atoms with E-state index in [4.69, 9.17) is 0 Å². The Morgan fingerprint density at radius 3 is 2.65 bits per heavy atom. The maximum absolute atomic E-state index is 3.88. The van der Waals surface area contributed by atoms with Gasteiger partial charge in [-0.3, -0.25) is 0 Å². The third-order valence-electron chi connectivity index (χ3n) is 5.06. The molecule has 0 aliphatic heterocycles. The Hall–Kier alpha value is -0.340. The van der Waals surface area contributed by atoms with E-state index >= 15 is 0 Å². The average Bonchev–Trinajstić information content (AvgIpc) is 2.93. The number of hydrogen-bond acceptors (Lipinski definition) is 2. The van der Waals surface area contributed by atoms with E-state index in [9.17, 15) is 0 Å². The first-order valence-electron chi connectivity index (χ1n) is 8.73. The van der Waals surface area contributed by atoms with E-state index in [1.807, 2.05) is 0 Å². The van der Waals surface area contributed by atoms with Gasteiger partial charge in [-0.05, 0) is 62.6 Å². The van der Waals surface area contributed by atoms with Crippen LogP contribution in [-0.4, -0.2) is 6.54 Å². The van der Waals surface area contributed by atoms with Gasteiger partial charge >= 0.3 is 0 Å². The van der Waals surface area contributed by atoms with E-state index in [0.717, 1.165) is 5.92 Å². The Morgan fingerprint density at radius 1 is 1.15 bits per heavy atom. The molecule has 1 heterocycles. The second-order valence-electron chi connectivity index (χ2n) is 6.63. The summed E-state index contributed by atoms with van der Waals surface area (Å²) in [7, 11) is 0. The van der Waals surface area contributed by atoms with Crippen molar-refractivity contribution in [3.63, 3.8) is 0 Å². The summed E-state index contributed by atoms with van der Waals surface area (Å²) >= 11 is 2.12. The molecule has 0 spiro atoms. The van der Waals surface area contributed by atoms with Crippen molar-refractivity contribution in [3.8, 4) is 0 Å². The maximum Gasteiger partial charge on any atom is 0.0443 e. The van der Waals surface area contributed by atoms with Crippen molar-refractivity contribution < 1.29 is 0 Å². The minimum Gasteiger partial charge on any atom is -0.309 e. The molecule has 2 aliphatic carbocycles. The highest BCUT2D eigenvalue weighted by molar-refractivity contribution is 7.12. The van der Waals surface area contributed by atoms with Crippen LogP contribution >= 0.6 is 11.3 Å². The van der Waals surface area contributed by atoms with Crippen LogP contribution in [-0.2, 0) is 12.8 Å². The van der Waals surface area contributed by atoms with Crippen LogP contribution in [0.4, 0.5) is 0 Å². The van der Waals surface area contributed by atoms with E-state index in [-0.39, 0.29) is 0 Å². The zero-order valence-electron chi connectivity index (χ0n) is 12.9. The largest absolute Gasteiger partial charge is 0.309 e. The summed E-state index contributed by atoms with van der Waals surface area (Å²) in [5, 5.41) is 3.88. The fraction of sp³-hybridized carbons (Fsp3) is 0.778. The molecule has 2 aliphatic rings. The molecule has 0 amide bonds. The third-order valence-corrected chi connectivity index (χ3v) is 6.38. The predicted molar refractivity (Wildman–Crippen MR) is 88.6 cm³/mol. The average molecular weight is 292 g/mol. The Labute approximate surface area is 128 Å². The maximum atomic E-state index is 3.88. The molecule has 0 saturated heterocycles. The highest BCUT2D eigenvalue weighted by Gasteiger charge is 2.27. The highest BCUT2D eigenvalue weighted by Crippen LogP contribution is 2.40. The molecule has 1 unspecified atom stereocenters. The van der Waals surface area contributed by atoms with Crippen LogP contribution in [0.1, 0.15) is 79.6 Å². The zero-order valence-corrected chi connectivity index (χ0v) is 13.7. The van der Waals surface area contributed by atoms with Gasteiger partial charge in [-0.15, -0.1) is 11.3 Å². The van der Waals surface area contributed by atoms with Crippen molar-refractivity contribution in [2.75, 3.05) is 6.54 Å². The topological polar surface area (TPSA) is 12.0 Å². The molecule has 3 rings (SSSR count). The third kappa shape index (κ3) is 3.28. The van der Waals surface area contributed by atoms with Crippen molar-refractivity contribution >= 4 is 11.3 Å². The van der Waals surface area contributed by atoms with Gasteiger partial charge in [0.05, 0.1) is 0 Å². The normalized spacial score (nSPS) is 21.6. The lowest BCUT2D eigenvalue weighted by Crippen LogP contribution is -2.28. The van der Waals surface area contributed by atoms with Crippen LogP contribution in [0.2, 0.25) is 0 Å². The number of aryl methyl sites for hydroxylation is 2. The van der Waals surface area contributed by atoms with Crippen LogP contribution in [0.5, 0.6) is 0 Å². The summed E-state index contributed by atoms with van der Waals surface area (Å²) in [6, 6.07) is 3.19. The Balaban J connectivity index is 1.76. The van der Waals surface area contributed by atoms with Crippen LogP contribution in [0.3, 0.4) is 0 Å². The minimum atomic E-state index is 0.642. The second kappa shape index (κ2) is 7.09. The molecular formula is C18H29NS. The molecule has 1 fully saturated rings. The molecule has 0 bridgehead atoms. The quantitative estimate of drug-likeness (QED) is 0.731. The Kier molecular flexibility index (Phi) is 5.17. The summed E-state index contributed by atoms with van der Waals surface area (Å²) in [6.45, 7) is 3.45. The first-order valence-corrected chi connectivity index (χ1v) is 9.55. The van der Waals surface area contributed by atoms with E-state index in [2.05, 4.69) is 29.6 Å². The number of fused-ring (bicyclic) bond motifs is 1. The summed E-state index contributed by atoms with van der Waals surface area (Å²) in [5.41, 5.74) is 1.67. The number of hydrogen-bond donors (Lipinski definition) is 1. The Morgan fingerprint density at radius 2 is 1.95 bits per heavy atom. The zero-order chi connectivity index (χ0) is 13.8. The van der Waals surface area contributed by atoms with E-state index in [1.165, 1.54) is 70.8 Å². The van der Waals surface area contributed by atoms with Gasteiger partial charge in [-0.25, -0.2) is 0 Å². The molecule has 1 N–H and O–H groups in total. The molecule has 0 aromatic carbocycles. The molecule has 1 atom stereocenters. The summed E-state index contributed by atoms with van der Waals surface area (Å²) in [6.07, 6.45) is 14.0. The lowest BCUT2D eigenvalue weighted by Gasteiger charge is -2.26. The minimum absolute atomic E-state index is 0.642. The number of thiophene rings is 1. The molecule has 1 aromatic heterocycles. The highest BCUT2D eigenvalue weighted by atomic mass is 32.1. The van der Waals surface area contributed by atoms with Gasteiger partial charge in [0.1, 0.15) is 0 Å². The summed E-state index contributed by atoms with van der Waals surface area (Å²) in [5.74, 6) is 0.878. The van der Waals surface area contributed by atoms with Gasteiger partial charge in [-0.1, -0.05) is 32.6 Å². The van der Waals surface area contributed by atoms with E-state index in [1.54, 1.807) is 15.3 Å². The van der Waals surface area contributed by atoms with Crippen LogP contribution in [0.25, 0.3) is 0 Å². The van der Waals surface area contributed by atoms with Crippen molar-refractivity contribution in [2.24, 2.45) is 5.92 Å². The predicted octanol–water partition coefficient (Wildman–Crippen LogP) is 5.25. The molecule has 1 nitrogen and oxygen atoms in total. The standard InChI is InChI=1S/C18H29NS/c1-2-12-19-18(14-8-5-3-4-6-9-14)17-13-15-10-7-11-16(15)20-17/h13-14,18-19H,2-12H2,1H3. The lowest BCUT2D eigenvalue weighted by atomic mass is 9.90. The van der Waals surface area contributed by atoms with Crippen molar-refractivity contribution in [1.29, 1.82) is 0 Å². The van der Waals surface area contributed by atoms with Crippen LogP contribution in [0.15, 0.2) is 6.07 Å². The smallest absolute Gasteiger partial charge is 0.0443 e. The SMILES string of the molecule is CCCNC(c1cc2c(s1)CCC2)C1CCCCCC1. The molecule has 1 saturated carbocycles. The van der Waals surface area contributed by atoms with Gasteiger partial charge in [0, 0.05) is 15.8 Å². The number of rotatable bonds is 5. The first kappa shape index (κ1) is 14.6. The summed E-state index contributed by atoms with van der Waals surface area (Å²) in [4.78, 5) is 3.34. The fourth-order valence-corrected chi connectivity index (χ4v) is 5.38. The lowest BCUT2D eigenvalue weighted by molar-refractivity contribution is 0.329. The van der Waals surface area contributed by atoms with Gasteiger partial charge in [0.25, 0.3) is 0 Å². The molecule has 0 radical (unpaired) electrons. The van der Waals surface area contributed by atoms with E-state index in [0.29, 0.717) is 6.04 Å². The van der Waals surface area contributed by atoms with Gasteiger partial charge in [-0.2, -0.15) is 0 Å². The molecule has 1 aromatic rings. The first-order chi connectivity index (χ1) is 9.88. The Bertz CT molecular complexity index is 394. The van der Waals surface area contributed by atoms with E-state index < -0.39 is 0 Å². The fourth-order valence-electron chi connectivity index (χ4n) is 3.95. The summed E-state index contributed by atoms with van der Waals surface area (Å²) < 4.78 is 0. The van der Waals surface area contributed by atoms with Crippen LogP contribution in [0, 0.1) is 5.92 Å². The van der Waals surface area contributed by atoms with Gasteiger partial charge < -0.3 is 5.32 Å². The van der Waals surface area contributed by atoms with Gasteiger partial charge in [0.15, 0.2) is 0 Å². The number of nitrogens with one attached hydrogen (secondary N) is 1. The van der Waals surface area contributed by atoms with Crippen LogP contribution < -0.4 is 5.32 Å². The molecule has 2 heteroatoms. The van der Waals surface area contributed by atoms with Gasteiger partial charge in [0.2, 0.25) is 0 Å².